The average molecular weight is 180 g/mol. The van der Waals surface area contributed by atoms with Crippen LogP contribution in [0.4, 0.5) is 16.2 Å². The van der Waals surface area contributed by atoms with E-state index in [0.29, 0.717) is 5.69 Å². The van der Waals surface area contributed by atoms with Crippen molar-refractivity contribution < 1.29 is 4.79 Å². The Kier molecular flexibility index (Phi) is 1.69. The molecule has 1 aromatic carbocycles. The van der Waals surface area contributed by atoms with Crippen LogP contribution in [0.5, 0.6) is 0 Å². The minimum absolute atomic E-state index is 0.00639. The summed E-state index contributed by atoms with van der Waals surface area (Å²) in [5.74, 6) is 0.738. The summed E-state index contributed by atoms with van der Waals surface area (Å²) in [5.41, 5.74) is 8.23. The van der Waals surface area contributed by atoms with Gasteiger partial charge in [-0.05, 0) is 17.7 Å². The minimum Gasteiger partial charge on any atom is -0.399 e. The number of carbonyl (C=O) groups is 1. The van der Waals surface area contributed by atoms with Crippen molar-refractivity contribution in [3.63, 3.8) is 0 Å². The molecule has 0 aromatic heterocycles. The molecule has 1 aliphatic rings. The SMILES string of the molecule is Nc1ccc2c(c1)NC(=O)SC2. The van der Waals surface area contributed by atoms with E-state index >= 15 is 0 Å². The molecule has 0 bridgehead atoms. The standard InChI is InChI=1S/C8H8N2OS/c9-6-2-1-5-4-12-8(11)10-7(5)3-6/h1-3H,4,9H2,(H,10,11). The van der Waals surface area contributed by atoms with Gasteiger partial charge in [0.2, 0.25) is 0 Å². The summed E-state index contributed by atoms with van der Waals surface area (Å²) < 4.78 is 0. The normalized spacial score (nSPS) is 15.2. The van der Waals surface area contributed by atoms with E-state index in [9.17, 15) is 4.79 Å². The highest BCUT2D eigenvalue weighted by Gasteiger charge is 2.14. The Labute approximate surface area is 74.3 Å². The van der Waals surface area contributed by atoms with Crippen LogP contribution in [-0.2, 0) is 5.75 Å². The first kappa shape index (κ1) is 7.49. The minimum atomic E-state index is -0.00639. The first-order chi connectivity index (χ1) is 5.75. The van der Waals surface area contributed by atoms with E-state index in [1.165, 1.54) is 11.8 Å². The Bertz CT molecular complexity index is 338. The molecule has 0 unspecified atom stereocenters. The number of anilines is 2. The van der Waals surface area contributed by atoms with Gasteiger partial charge in [-0.2, -0.15) is 0 Å². The molecule has 1 aliphatic heterocycles. The third-order valence-electron chi connectivity index (χ3n) is 1.73. The van der Waals surface area contributed by atoms with Crippen LogP contribution in [0.2, 0.25) is 0 Å². The van der Waals surface area contributed by atoms with Gasteiger partial charge < -0.3 is 11.1 Å². The highest BCUT2D eigenvalue weighted by atomic mass is 32.2. The third-order valence-corrected chi connectivity index (χ3v) is 2.55. The van der Waals surface area contributed by atoms with Crippen molar-refractivity contribution in [3.8, 4) is 0 Å². The first-order valence-electron chi connectivity index (χ1n) is 3.58. The van der Waals surface area contributed by atoms with Gasteiger partial charge in [0.15, 0.2) is 0 Å². The molecule has 1 aromatic rings. The van der Waals surface area contributed by atoms with Crippen molar-refractivity contribution in [2.75, 3.05) is 11.1 Å². The lowest BCUT2D eigenvalue weighted by molar-refractivity contribution is 0.269. The first-order valence-corrected chi connectivity index (χ1v) is 4.56. The van der Waals surface area contributed by atoms with Crippen molar-refractivity contribution in [3.05, 3.63) is 23.8 Å². The molecule has 0 saturated carbocycles. The maximum absolute atomic E-state index is 10.9. The molecule has 1 amide bonds. The quantitative estimate of drug-likeness (QED) is 0.601. The molecular weight excluding hydrogens is 172 g/mol. The molecule has 12 heavy (non-hydrogen) atoms. The fraction of sp³-hybridized carbons (Fsp3) is 0.125. The lowest BCUT2D eigenvalue weighted by atomic mass is 10.2. The predicted molar refractivity (Wildman–Crippen MR) is 51.2 cm³/mol. The summed E-state index contributed by atoms with van der Waals surface area (Å²) in [6.45, 7) is 0. The summed E-state index contributed by atoms with van der Waals surface area (Å²) >= 11 is 1.28. The predicted octanol–water partition coefficient (Wildman–Crippen LogP) is 2.05. The maximum atomic E-state index is 10.9. The second kappa shape index (κ2) is 2.71. The van der Waals surface area contributed by atoms with Gasteiger partial charge in [0.25, 0.3) is 5.24 Å². The number of nitrogen functional groups attached to an aromatic ring is 1. The van der Waals surface area contributed by atoms with Gasteiger partial charge in [0.1, 0.15) is 0 Å². The second-order valence-corrected chi connectivity index (χ2v) is 3.57. The number of nitrogens with one attached hydrogen (secondary N) is 1. The van der Waals surface area contributed by atoms with Gasteiger partial charge in [-0.1, -0.05) is 17.8 Å². The summed E-state index contributed by atoms with van der Waals surface area (Å²) in [5, 5.41) is 2.74. The molecule has 0 radical (unpaired) electrons. The monoisotopic (exact) mass is 180 g/mol. The van der Waals surface area contributed by atoms with Crippen LogP contribution in [0.25, 0.3) is 0 Å². The number of nitrogens with two attached hydrogens (primary N) is 1. The number of hydrogen-bond donors (Lipinski definition) is 2. The fourth-order valence-electron chi connectivity index (χ4n) is 1.13. The van der Waals surface area contributed by atoms with E-state index in [2.05, 4.69) is 5.32 Å². The number of fused-ring (bicyclic) bond motifs is 1. The molecular formula is C8H8N2OS. The number of carbonyl (C=O) groups excluding carboxylic acids is 1. The molecule has 0 atom stereocenters. The average Bonchev–Trinajstić information content (AvgIpc) is 2.03. The zero-order valence-electron chi connectivity index (χ0n) is 6.33. The smallest absolute Gasteiger partial charge is 0.283 e. The van der Waals surface area contributed by atoms with Crippen molar-refractivity contribution in [1.82, 2.24) is 0 Å². The van der Waals surface area contributed by atoms with Crippen LogP contribution in [0.3, 0.4) is 0 Å². The molecule has 3 nitrogen and oxygen atoms in total. The Morgan fingerprint density at radius 2 is 2.33 bits per heavy atom. The van der Waals surface area contributed by atoms with E-state index in [-0.39, 0.29) is 5.24 Å². The van der Waals surface area contributed by atoms with Crippen molar-refractivity contribution in [2.45, 2.75) is 5.75 Å². The zero-order chi connectivity index (χ0) is 8.55. The summed E-state index contributed by atoms with van der Waals surface area (Å²) in [6.07, 6.45) is 0. The van der Waals surface area contributed by atoms with E-state index in [4.69, 9.17) is 5.73 Å². The van der Waals surface area contributed by atoms with Crippen LogP contribution in [0.15, 0.2) is 18.2 Å². The van der Waals surface area contributed by atoms with E-state index in [0.717, 1.165) is 17.0 Å². The van der Waals surface area contributed by atoms with E-state index in [1.807, 2.05) is 12.1 Å². The van der Waals surface area contributed by atoms with Gasteiger partial charge in [0.05, 0.1) is 0 Å². The molecule has 1 heterocycles. The Hall–Kier alpha value is -1.16. The van der Waals surface area contributed by atoms with Crippen molar-refractivity contribution in [2.24, 2.45) is 0 Å². The molecule has 2 rings (SSSR count). The highest BCUT2D eigenvalue weighted by Crippen LogP contribution is 2.29. The summed E-state index contributed by atoms with van der Waals surface area (Å²) in [6, 6.07) is 5.57. The maximum Gasteiger partial charge on any atom is 0.283 e. The van der Waals surface area contributed by atoms with Gasteiger partial charge in [0, 0.05) is 17.1 Å². The second-order valence-electron chi connectivity index (χ2n) is 2.62. The third kappa shape index (κ3) is 1.25. The molecule has 0 aliphatic carbocycles. The topological polar surface area (TPSA) is 55.1 Å². The lowest BCUT2D eigenvalue weighted by Gasteiger charge is -2.15. The van der Waals surface area contributed by atoms with Crippen molar-refractivity contribution in [1.29, 1.82) is 0 Å². The largest absolute Gasteiger partial charge is 0.399 e. The van der Waals surface area contributed by atoms with Gasteiger partial charge in [-0.15, -0.1) is 0 Å². The number of rotatable bonds is 0. The fourth-order valence-corrected chi connectivity index (χ4v) is 1.85. The Morgan fingerprint density at radius 3 is 3.17 bits per heavy atom. The number of benzene rings is 1. The molecule has 3 N–H and O–H groups in total. The number of hydrogen-bond acceptors (Lipinski definition) is 3. The van der Waals surface area contributed by atoms with Crippen LogP contribution in [-0.4, -0.2) is 5.24 Å². The van der Waals surface area contributed by atoms with Gasteiger partial charge >= 0.3 is 0 Å². The Morgan fingerprint density at radius 1 is 1.50 bits per heavy atom. The molecule has 62 valence electrons. The zero-order valence-corrected chi connectivity index (χ0v) is 7.15. The van der Waals surface area contributed by atoms with E-state index < -0.39 is 0 Å². The lowest BCUT2D eigenvalue weighted by Crippen LogP contribution is -2.12. The molecule has 0 saturated heterocycles. The van der Waals surface area contributed by atoms with Crippen LogP contribution in [0.1, 0.15) is 5.56 Å². The summed E-state index contributed by atoms with van der Waals surface area (Å²) in [7, 11) is 0. The summed E-state index contributed by atoms with van der Waals surface area (Å²) in [4.78, 5) is 10.9. The highest BCUT2D eigenvalue weighted by molar-refractivity contribution is 8.13. The molecule has 4 heteroatoms. The van der Waals surface area contributed by atoms with Crippen LogP contribution < -0.4 is 11.1 Å². The van der Waals surface area contributed by atoms with Gasteiger partial charge in [-0.3, -0.25) is 4.79 Å². The van der Waals surface area contributed by atoms with Crippen molar-refractivity contribution >= 4 is 28.4 Å². The number of thioether (sulfide) groups is 1. The molecule has 0 fully saturated rings. The van der Waals surface area contributed by atoms with Crippen LogP contribution >= 0.6 is 11.8 Å². The van der Waals surface area contributed by atoms with E-state index in [1.54, 1.807) is 6.07 Å². The Balaban J connectivity index is 2.44. The molecule has 0 spiro atoms. The van der Waals surface area contributed by atoms with Gasteiger partial charge in [-0.25, -0.2) is 0 Å². The van der Waals surface area contributed by atoms with Crippen LogP contribution in [0, 0.1) is 0 Å². The number of amides is 1.